The number of amides is 4. The molecule has 2 N–H and O–H groups in total. The van der Waals surface area contributed by atoms with Gasteiger partial charge in [-0.2, -0.15) is 10.0 Å². The van der Waals surface area contributed by atoms with Gasteiger partial charge in [-0.1, -0.05) is 24.3 Å². The van der Waals surface area contributed by atoms with E-state index in [1.54, 1.807) is 49.6 Å². The molecule has 1 aromatic carbocycles. The van der Waals surface area contributed by atoms with Gasteiger partial charge in [0.05, 0.1) is 28.4 Å². The number of methoxy groups -OCH3 is 4. The highest BCUT2D eigenvalue weighted by Gasteiger charge is 2.37. The van der Waals surface area contributed by atoms with Gasteiger partial charge in [0, 0.05) is 16.3 Å². The molecule has 0 bridgehead atoms. The fraction of sp³-hybridized carbons (Fsp3) is 0.400. The number of fused-ring (bicyclic) bond motifs is 1. The lowest BCUT2D eigenvalue weighted by molar-refractivity contribution is 0.155. The lowest BCUT2D eigenvalue weighted by Crippen LogP contribution is -2.50. The SMILES string of the molecule is COC(=O)NN(C(=O)OC)c1c2ccccc2c(N(NC(=O)OC)C(=O)OC)n1C(C)(C)C. The first-order valence-corrected chi connectivity index (χ1v) is 9.61. The Labute approximate surface area is 190 Å². The van der Waals surface area contributed by atoms with E-state index in [0.29, 0.717) is 10.8 Å². The molecule has 1 aromatic heterocycles. The fourth-order valence-electron chi connectivity index (χ4n) is 3.12. The van der Waals surface area contributed by atoms with Crippen molar-refractivity contribution in [2.75, 3.05) is 38.5 Å². The molecule has 0 unspecified atom stereocenters. The van der Waals surface area contributed by atoms with Crippen LogP contribution in [0.4, 0.5) is 30.8 Å². The summed E-state index contributed by atoms with van der Waals surface area (Å²) in [4.78, 5) is 49.5. The summed E-state index contributed by atoms with van der Waals surface area (Å²) in [5.74, 6) is 0.261. The molecular weight excluding hydrogens is 438 g/mol. The van der Waals surface area contributed by atoms with Crippen LogP contribution in [-0.4, -0.2) is 57.4 Å². The Morgan fingerprint density at radius 2 is 1.09 bits per heavy atom. The zero-order valence-corrected chi connectivity index (χ0v) is 19.4. The van der Waals surface area contributed by atoms with Crippen molar-refractivity contribution in [3.63, 3.8) is 0 Å². The Bertz CT molecular complexity index is 984. The summed E-state index contributed by atoms with van der Waals surface area (Å²) in [7, 11) is 4.55. The fourth-order valence-corrected chi connectivity index (χ4v) is 3.12. The van der Waals surface area contributed by atoms with Crippen LogP contribution in [0.15, 0.2) is 24.3 Å². The molecule has 0 saturated carbocycles. The average Bonchev–Trinajstić information content (AvgIpc) is 3.14. The third kappa shape index (κ3) is 5.02. The molecule has 0 spiro atoms. The number of aromatic nitrogens is 1. The van der Waals surface area contributed by atoms with Gasteiger partial charge in [-0.25, -0.2) is 30.0 Å². The highest BCUT2D eigenvalue weighted by molar-refractivity contribution is 6.10. The van der Waals surface area contributed by atoms with Crippen LogP contribution in [0, 0.1) is 0 Å². The van der Waals surface area contributed by atoms with Crippen molar-refractivity contribution in [3.8, 4) is 0 Å². The summed E-state index contributed by atoms with van der Waals surface area (Å²) < 4.78 is 20.6. The van der Waals surface area contributed by atoms with Crippen LogP contribution in [0.1, 0.15) is 20.8 Å². The first kappa shape index (κ1) is 25.1. The number of hydrazine groups is 2. The lowest BCUT2D eigenvalue weighted by atomic mass is 10.1. The number of ether oxygens (including phenoxy) is 4. The number of nitrogens with zero attached hydrogens (tertiary/aromatic N) is 3. The minimum Gasteiger partial charge on any atom is -0.452 e. The molecule has 2 aromatic rings. The predicted molar refractivity (Wildman–Crippen MR) is 118 cm³/mol. The van der Waals surface area contributed by atoms with E-state index in [2.05, 4.69) is 20.3 Å². The van der Waals surface area contributed by atoms with Crippen LogP contribution >= 0.6 is 0 Å². The van der Waals surface area contributed by atoms with Crippen molar-refractivity contribution in [2.24, 2.45) is 0 Å². The van der Waals surface area contributed by atoms with Gasteiger partial charge in [0.15, 0.2) is 0 Å². The highest BCUT2D eigenvalue weighted by Crippen LogP contribution is 2.42. The zero-order valence-electron chi connectivity index (χ0n) is 19.4. The molecule has 180 valence electrons. The van der Waals surface area contributed by atoms with Gasteiger partial charge < -0.3 is 23.5 Å². The maximum Gasteiger partial charge on any atom is 0.434 e. The van der Waals surface area contributed by atoms with E-state index in [1.807, 2.05) is 0 Å². The molecule has 13 heteroatoms. The van der Waals surface area contributed by atoms with Crippen molar-refractivity contribution in [2.45, 2.75) is 26.3 Å². The van der Waals surface area contributed by atoms with Gasteiger partial charge in [-0.3, -0.25) is 0 Å². The lowest BCUT2D eigenvalue weighted by Gasteiger charge is -2.33. The number of nitrogens with one attached hydrogen (secondary N) is 2. The molecule has 33 heavy (non-hydrogen) atoms. The van der Waals surface area contributed by atoms with Gasteiger partial charge in [-0.05, 0) is 20.8 Å². The third-order valence-corrected chi connectivity index (χ3v) is 4.42. The molecular formula is C20H27N5O8. The van der Waals surface area contributed by atoms with Crippen molar-refractivity contribution >= 4 is 46.8 Å². The first-order valence-electron chi connectivity index (χ1n) is 9.61. The van der Waals surface area contributed by atoms with Crippen LogP contribution in [-0.2, 0) is 24.5 Å². The summed E-state index contributed by atoms with van der Waals surface area (Å²) >= 11 is 0. The molecule has 0 atom stereocenters. The topological polar surface area (TPSA) is 141 Å². The minimum atomic E-state index is -0.940. The maximum atomic E-state index is 12.7. The van der Waals surface area contributed by atoms with Gasteiger partial charge >= 0.3 is 24.4 Å². The molecule has 0 fully saturated rings. The van der Waals surface area contributed by atoms with Crippen LogP contribution in [0.25, 0.3) is 10.8 Å². The van der Waals surface area contributed by atoms with E-state index in [0.717, 1.165) is 38.5 Å². The number of rotatable bonds is 2. The number of hydrogen-bond acceptors (Lipinski definition) is 8. The summed E-state index contributed by atoms with van der Waals surface area (Å²) in [5.41, 5.74) is 3.81. The second-order valence-electron chi connectivity index (χ2n) is 7.52. The second-order valence-corrected chi connectivity index (χ2v) is 7.52. The number of benzene rings is 1. The van der Waals surface area contributed by atoms with Crippen LogP contribution < -0.4 is 20.9 Å². The normalized spacial score (nSPS) is 10.8. The molecule has 0 aliphatic carbocycles. The van der Waals surface area contributed by atoms with Crippen molar-refractivity contribution in [3.05, 3.63) is 24.3 Å². The van der Waals surface area contributed by atoms with Crippen LogP contribution in [0.5, 0.6) is 0 Å². The van der Waals surface area contributed by atoms with Gasteiger partial charge in [0.1, 0.15) is 11.6 Å². The molecule has 4 amide bonds. The van der Waals surface area contributed by atoms with Crippen molar-refractivity contribution < 1.29 is 38.1 Å². The zero-order chi connectivity index (χ0) is 24.9. The second kappa shape index (κ2) is 9.97. The molecule has 13 nitrogen and oxygen atoms in total. The van der Waals surface area contributed by atoms with Gasteiger partial charge in [0.25, 0.3) is 0 Å². The number of hydrogen-bond donors (Lipinski definition) is 2. The largest absolute Gasteiger partial charge is 0.452 e. The van der Waals surface area contributed by atoms with Crippen LogP contribution in [0.2, 0.25) is 0 Å². The molecule has 0 radical (unpaired) electrons. The Kier molecular flexibility index (Phi) is 7.59. The smallest absolute Gasteiger partial charge is 0.434 e. The first-order chi connectivity index (χ1) is 15.5. The molecule has 0 aliphatic rings. The molecule has 1 heterocycles. The Balaban J connectivity index is 3.00. The number of carbonyl (C=O) groups excluding carboxylic acids is 4. The number of carbonyl (C=O) groups is 4. The summed E-state index contributed by atoms with van der Waals surface area (Å²) in [6.07, 6.45) is -3.76. The standard InChI is InChI=1S/C20H27N5O8/c1-20(2,3)23-14(24(18(28)32-6)21-16(26)30-4)12-10-8-9-11-13(12)15(23)25(19(29)33-7)22-17(27)31-5/h8-11H,1-7H3,(H,21,26)(H,22,27). The monoisotopic (exact) mass is 465 g/mol. The van der Waals surface area contributed by atoms with E-state index in [9.17, 15) is 19.2 Å². The van der Waals surface area contributed by atoms with Crippen LogP contribution in [0.3, 0.4) is 0 Å². The van der Waals surface area contributed by atoms with Gasteiger partial charge in [0.2, 0.25) is 0 Å². The number of anilines is 2. The average molecular weight is 465 g/mol. The Hall–Kier alpha value is -4.16. The molecule has 2 rings (SSSR count). The van der Waals surface area contributed by atoms with E-state index in [-0.39, 0.29) is 11.6 Å². The van der Waals surface area contributed by atoms with E-state index >= 15 is 0 Å². The van der Waals surface area contributed by atoms with E-state index < -0.39 is 29.9 Å². The maximum absolute atomic E-state index is 12.7. The molecule has 0 aliphatic heterocycles. The summed E-state index contributed by atoms with van der Waals surface area (Å²) in [6.45, 7) is 5.38. The quantitative estimate of drug-likeness (QED) is 0.509. The van der Waals surface area contributed by atoms with E-state index in [1.165, 1.54) is 0 Å². The van der Waals surface area contributed by atoms with Crippen molar-refractivity contribution in [1.82, 2.24) is 15.4 Å². The Morgan fingerprint density at radius 3 is 1.36 bits per heavy atom. The highest BCUT2D eigenvalue weighted by atomic mass is 16.6. The third-order valence-electron chi connectivity index (χ3n) is 4.42. The van der Waals surface area contributed by atoms with Crippen molar-refractivity contribution in [1.29, 1.82) is 0 Å². The predicted octanol–water partition coefficient (Wildman–Crippen LogP) is 3.08. The summed E-state index contributed by atoms with van der Waals surface area (Å²) in [6, 6.07) is 6.73. The summed E-state index contributed by atoms with van der Waals surface area (Å²) in [5, 5.41) is 2.56. The minimum absolute atomic E-state index is 0.130. The van der Waals surface area contributed by atoms with E-state index in [4.69, 9.17) is 9.47 Å². The Morgan fingerprint density at radius 1 is 0.727 bits per heavy atom. The van der Waals surface area contributed by atoms with Gasteiger partial charge in [-0.15, -0.1) is 0 Å². The molecule has 0 saturated heterocycles.